The molecule has 2 aromatic carbocycles. The van der Waals surface area contributed by atoms with Crippen LogP contribution in [-0.4, -0.2) is 90.5 Å². The largest absolute Gasteiger partial charge is 0.491 e. The Kier molecular flexibility index (Phi) is 6.77. The summed E-state index contributed by atoms with van der Waals surface area (Å²) in [7, 11) is 3.73. The number of allylic oxidation sites excluding steroid dienone is 2. The summed E-state index contributed by atoms with van der Waals surface area (Å²) in [5.41, 5.74) is 1.07. The van der Waals surface area contributed by atoms with Gasteiger partial charge in [0.15, 0.2) is 0 Å². The molecule has 3 aliphatic rings. The van der Waals surface area contributed by atoms with Crippen LogP contribution in [0.4, 0.5) is 5.69 Å². The van der Waals surface area contributed by atoms with Gasteiger partial charge in [-0.15, -0.1) is 0 Å². The van der Waals surface area contributed by atoms with Gasteiger partial charge in [-0.3, -0.25) is 14.5 Å². The molecule has 2 aromatic rings. The van der Waals surface area contributed by atoms with E-state index in [1.165, 1.54) is 4.90 Å². The van der Waals surface area contributed by atoms with E-state index in [4.69, 9.17) is 14.2 Å². The quantitative estimate of drug-likeness (QED) is 0.401. The number of esters is 1. The first kappa shape index (κ1) is 26.6. The first-order valence-electron chi connectivity index (χ1n) is 12.8. The van der Waals surface area contributed by atoms with Gasteiger partial charge in [-0.25, -0.2) is 9.79 Å². The van der Waals surface area contributed by atoms with Crippen molar-refractivity contribution in [1.29, 1.82) is 0 Å². The van der Waals surface area contributed by atoms with Crippen LogP contribution in [-0.2, 0) is 9.53 Å². The standard InChI is InChI=1S/C29H31N3O7/c1-29(2,3)39-28(36)18-7-6-8-20-24(18)38-25-22-21(26(34)32(27(22)35)12-11-31(4)5)19-15-16(37-14-13-33)9-10-17(19)23(25)30-20/h6-10,15,24,33H,11-14H2,1-5H3/p+1. The Labute approximate surface area is 226 Å². The van der Waals surface area contributed by atoms with Crippen molar-refractivity contribution in [2.45, 2.75) is 32.5 Å². The minimum atomic E-state index is -0.843. The molecule has 10 nitrogen and oxygen atoms in total. The summed E-state index contributed by atoms with van der Waals surface area (Å²) < 4.78 is 17.6. The Morgan fingerprint density at radius 3 is 2.59 bits per heavy atom. The number of amides is 2. The number of benzene rings is 2. The van der Waals surface area contributed by atoms with Gasteiger partial charge in [0, 0.05) is 24.6 Å². The van der Waals surface area contributed by atoms with Crippen LogP contribution >= 0.6 is 0 Å². The van der Waals surface area contributed by atoms with E-state index in [9.17, 15) is 19.5 Å². The fourth-order valence-electron chi connectivity index (χ4n) is 4.84. The Hall–Kier alpha value is -4.02. The third kappa shape index (κ3) is 4.81. The van der Waals surface area contributed by atoms with E-state index in [0.29, 0.717) is 34.5 Å². The summed E-state index contributed by atoms with van der Waals surface area (Å²) in [6, 6.07) is 5.22. The number of aliphatic hydroxyl groups is 1. The lowest BCUT2D eigenvalue weighted by molar-refractivity contribution is -0.360. The summed E-state index contributed by atoms with van der Waals surface area (Å²) in [5.74, 6) is -0.742. The van der Waals surface area contributed by atoms with E-state index < -0.39 is 29.5 Å². The van der Waals surface area contributed by atoms with Crippen LogP contribution in [0.1, 0.15) is 41.5 Å². The molecule has 0 bridgehead atoms. The van der Waals surface area contributed by atoms with Crippen molar-refractivity contribution in [3.63, 3.8) is 0 Å². The second-order valence-corrected chi connectivity index (χ2v) is 10.9. The molecule has 39 heavy (non-hydrogen) atoms. The Balaban J connectivity index is 1.67. The number of aliphatic hydroxyl groups excluding tert-OH is 1. The fraction of sp³-hybridized carbons (Fsp3) is 0.379. The van der Waals surface area contributed by atoms with Gasteiger partial charge < -0.3 is 24.2 Å². The van der Waals surface area contributed by atoms with Gasteiger partial charge in [0.1, 0.15) is 23.5 Å². The first-order chi connectivity index (χ1) is 18.5. The van der Waals surface area contributed by atoms with Crippen LogP contribution in [0.5, 0.6) is 11.5 Å². The summed E-state index contributed by atoms with van der Waals surface area (Å²) in [5, 5.41) is 10.4. The normalized spacial score (nSPS) is 17.9. The number of hydrogen-bond donors (Lipinski definition) is 2. The molecule has 10 heteroatoms. The fourth-order valence-corrected chi connectivity index (χ4v) is 4.84. The van der Waals surface area contributed by atoms with Crippen molar-refractivity contribution in [3.8, 4) is 11.5 Å². The molecule has 2 amide bonds. The molecular weight excluding hydrogens is 502 g/mol. The van der Waals surface area contributed by atoms with Gasteiger partial charge >= 0.3 is 5.97 Å². The maximum atomic E-state index is 13.7. The number of likely N-dealkylation sites (N-methyl/N-ethyl adjacent to an activating group) is 1. The predicted octanol–water partition coefficient (Wildman–Crippen LogP) is 1.12. The van der Waals surface area contributed by atoms with Crippen LogP contribution in [0.25, 0.3) is 10.8 Å². The molecule has 2 N–H and O–H groups in total. The second kappa shape index (κ2) is 9.94. The Morgan fingerprint density at radius 1 is 1.15 bits per heavy atom. The number of imide groups is 1. The third-order valence-electron chi connectivity index (χ3n) is 6.54. The highest BCUT2D eigenvalue weighted by Gasteiger charge is 2.47. The molecule has 2 heterocycles. The third-order valence-corrected chi connectivity index (χ3v) is 6.54. The molecule has 204 valence electrons. The van der Waals surface area contributed by atoms with Crippen molar-refractivity contribution in [1.82, 2.24) is 9.80 Å². The van der Waals surface area contributed by atoms with Crippen molar-refractivity contribution in [2.75, 3.05) is 40.4 Å². The topological polar surface area (TPSA) is 120 Å². The predicted molar refractivity (Wildman–Crippen MR) is 144 cm³/mol. The number of nitrogens with zero attached hydrogens (tertiary/aromatic N) is 2. The molecule has 0 radical (unpaired) electrons. The highest BCUT2D eigenvalue weighted by Crippen LogP contribution is 2.45. The van der Waals surface area contributed by atoms with Gasteiger partial charge in [0.2, 0.25) is 17.6 Å². The average molecular weight is 535 g/mol. The number of carbonyl (C=O) groups is 3. The number of ether oxygens (including phenoxy) is 3. The van der Waals surface area contributed by atoms with E-state index in [0.717, 1.165) is 0 Å². The lowest BCUT2D eigenvalue weighted by Gasteiger charge is -2.27. The minimum absolute atomic E-state index is 0.0893. The van der Waals surface area contributed by atoms with Gasteiger partial charge in [0.05, 0.1) is 23.1 Å². The van der Waals surface area contributed by atoms with Crippen LogP contribution < -0.4 is 14.5 Å². The van der Waals surface area contributed by atoms with Crippen LogP contribution in [0, 0.1) is 0 Å². The maximum absolute atomic E-state index is 13.7. The van der Waals surface area contributed by atoms with Crippen molar-refractivity contribution >= 4 is 40.0 Å². The zero-order chi connectivity index (χ0) is 28.1. The van der Waals surface area contributed by atoms with Crippen molar-refractivity contribution < 1.29 is 38.7 Å². The smallest absolute Gasteiger partial charge is 0.338 e. The number of carbonyl (C=O) groups excluding carboxylic acids is 3. The lowest BCUT2D eigenvalue weighted by Crippen LogP contribution is -2.72. The highest BCUT2D eigenvalue weighted by molar-refractivity contribution is 6.29. The Morgan fingerprint density at radius 2 is 1.90 bits per heavy atom. The zero-order valence-corrected chi connectivity index (χ0v) is 22.7. The molecule has 1 atom stereocenters. The lowest BCUT2D eigenvalue weighted by atomic mass is 9.93. The molecule has 0 aromatic heterocycles. The molecule has 0 spiro atoms. The molecule has 1 unspecified atom stereocenters. The summed E-state index contributed by atoms with van der Waals surface area (Å²) in [6.45, 7) is 5.98. The monoisotopic (exact) mass is 534 g/mol. The zero-order valence-electron chi connectivity index (χ0n) is 22.7. The van der Waals surface area contributed by atoms with E-state index in [-0.39, 0.29) is 42.2 Å². The maximum Gasteiger partial charge on any atom is 0.338 e. The Bertz CT molecular complexity index is 1480. The van der Waals surface area contributed by atoms with Gasteiger partial charge in [-0.1, -0.05) is 6.08 Å². The van der Waals surface area contributed by atoms with E-state index in [1.807, 2.05) is 19.0 Å². The summed E-state index contributed by atoms with van der Waals surface area (Å²) >= 11 is 0. The van der Waals surface area contributed by atoms with Crippen molar-refractivity contribution in [2.24, 2.45) is 0 Å². The molecule has 0 fully saturated rings. The van der Waals surface area contributed by atoms with E-state index in [2.05, 4.69) is 4.99 Å². The number of hydrogen-bond acceptors (Lipinski definition) is 8. The molecule has 2 aliphatic heterocycles. The average Bonchev–Trinajstić information content (AvgIpc) is 3.13. The minimum Gasteiger partial charge on any atom is -0.491 e. The number of nitrogens with one attached hydrogen (secondary N) is 1. The van der Waals surface area contributed by atoms with Crippen molar-refractivity contribution in [3.05, 3.63) is 53.1 Å². The molecule has 0 saturated carbocycles. The summed E-state index contributed by atoms with van der Waals surface area (Å²) in [6.07, 6.45) is 4.33. The first-order valence-corrected chi connectivity index (χ1v) is 12.8. The van der Waals surface area contributed by atoms with E-state index in [1.54, 1.807) is 57.2 Å². The van der Waals surface area contributed by atoms with Crippen LogP contribution in [0.2, 0.25) is 0 Å². The van der Waals surface area contributed by atoms with Crippen LogP contribution in [0.15, 0.2) is 42.0 Å². The SMILES string of the molecule is CN(C)CCN1C(=O)c2c3c(c4ccc(OCCO)cc4c2C1=O)[NH+]=C1C=CC=C(C(=O)OC(C)(C)C)C1O3. The summed E-state index contributed by atoms with van der Waals surface area (Å²) in [4.78, 5) is 47.0. The molecular formula is C29H32N3O7+. The molecule has 0 saturated heterocycles. The van der Waals surface area contributed by atoms with E-state index >= 15 is 0 Å². The van der Waals surface area contributed by atoms with Gasteiger partial charge in [0.25, 0.3) is 17.5 Å². The second-order valence-electron chi connectivity index (χ2n) is 10.9. The number of rotatable bonds is 7. The van der Waals surface area contributed by atoms with Crippen LogP contribution in [0.3, 0.4) is 0 Å². The van der Waals surface area contributed by atoms with Gasteiger partial charge in [-0.2, -0.15) is 0 Å². The van der Waals surface area contributed by atoms with Gasteiger partial charge in [-0.05, 0) is 59.1 Å². The molecule has 5 rings (SSSR count). The molecule has 1 aliphatic carbocycles. The number of fused-ring (bicyclic) bond motifs is 7. The highest BCUT2D eigenvalue weighted by atomic mass is 16.6.